The molecule has 0 amide bonds. The maximum Gasteiger partial charge on any atom is 0.265 e. The molecule has 0 atom stereocenters. The molecule has 0 fully saturated rings. The van der Waals surface area contributed by atoms with Crippen molar-refractivity contribution >= 4 is 37.5 Å². The van der Waals surface area contributed by atoms with E-state index in [0.29, 0.717) is 10.2 Å². The van der Waals surface area contributed by atoms with Gasteiger partial charge in [0, 0.05) is 16.4 Å². The first-order chi connectivity index (χ1) is 9.95. The van der Waals surface area contributed by atoms with Gasteiger partial charge in [0.2, 0.25) is 0 Å². The van der Waals surface area contributed by atoms with Gasteiger partial charge in [0.1, 0.15) is 10.7 Å². The fourth-order valence-corrected chi connectivity index (χ4v) is 4.13. The van der Waals surface area contributed by atoms with Crippen molar-refractivity contribution in [2.45, 2.75) is 24.2 Å². The lowest BCUT2D eigenvalue weighted by Gasteiger charge is -2.11. The van der Waals surface area contributed by atoms with Crippen LogP contribution in [0.15, 0.2) is 39.8 Å². The first-order valence-corrected chi connectivity index (χ1v) is 8.79. The van der Waals surface area contributed by atoms with Gasteiger partial charge in [-0.2, -0.15) is 0 Å². The average Bonchev–Trinajstić information content (AvgIpc) is 2.88. The topological polar surface area (TPSA) is 85.1 Å². The van der Waals surface area contributed by atoms with E-state index < -0.39 is 10.0 Å². The number of pyridine rings is 1. The van der Waals surface area contributed by atoms with E-state index in [9.17, 15) is 8.42 Å². The normalized spacial score (nSPS) is 14.0. The van der Waals surface area contributed by atoms with Gasteiger partial charge >= 0.3 is 0 Å². The van der Waals surface area contributed by atoms with Gasteiger partial charge in [-0.1, -0.05) is 6.07 Å². The number of aromatic nitrogens is 1. The van der Waals surface area contributed by atoms with E-state index in [1.165, 1.54) is 23.4 Å². The van der Waals surface area contributed by atoms with Crippen LogP contribution in [-0.4, -0.2) is 13.4 Å². The summed E-state index contributed by atoms with van der Waals surface area (Å²) >= 11 is 3.20. The molecule has 3 rings (SSSR count). The highest BCUT2D eigenvalue weighted by molar-refractivity contribution is 9.10. The van der Waals surface area contributed by atoms with Crippen LogP contribution in [0.1, 0.15) is 17.5 Å². The summed E-state index contributed by atoms with van der Waals surface area (Å²) in [6, 6.07) is 7.09. The molecule has 0 aliphatic heterocycles. The monoisotopic (exact) mass is 367 g/mol. The van der Waals surface area contributed by atoms with Crippen molar-refractivity contribution in [1.82, 2.24) is 4.98 Å². The summed E-state index contributed by atoms with van der Waals surface area (Å²) in [5, 5.41) is 0. The Bertz CT molecular complexity index is 806. The molecule has 0 spiro atoms. The van der Waals surface area contributed by atoms with Gasteiger partial charge in [-0.25, -0.2) is 13.4 Å². The Labute approximate surface area is 131 Å². The van der Waals surface area contributed by atoms with Gasteiger partial charge in [0.05, 0.1) is 0 Å². The highest BCUT2D eigenvalue weighted by Gasteiger charge is 2.20. The van der Waals surface area contributed by atoms with Crippen LogP contribution in [0.3, 0.4) is 0 Å². The molecule has 1 heterocycles. The molecule has 0 bridgehead atoms. The molecule has 0 unspecified atom stereocenters. The van der Waals surface area contributed by atoms with Crippen molar-refractivity contribution in [3.63, 3.8) is 0 Å². The smallest absolute Gasteiger partial charge is 0.265 e. The number of nitrogens with one attached hydrogen (secondary N) is 1. The summed E-state index contributed by atoms with van der Waals surface area (Å²) in [5.74, 6) is -0.0214. The van der Waals surface area contributed by atoms with Gasteiger partial charge in [-0.15, -0.1) is 0 Å². The summed E-state index contributed by atoms with van der Waals surface area (Å²) in [6.07, 6.45) is 4.63. The fraction of sp³-hybridized carbons (Fsp3) is 0.214. The van der Waals surface area contributed by atoms with Crippen molar-refractivity contribution in [3.05, 3.63) is 46.1 Å². The Balaban J connectivity index is 1.94. The number of aryl methyl sites for hydroxylation is 2. The minimum atomic E-state index is -3.75. The summed E-state index contributed by atoms with van der Waals surface area (Å²) in [5.41, 5.74) is 8.72. The van der Waals surface area contributed by atoms with Crippen LogP contribution in [0.25, 0.3) is 0 Å². The lowest BCUT2D eigenvalue weighted by atomic mass is 10.1. The molecule has 0 saturated heterocycles. The SMILES string of the molecule is Nc1ncc(Br)cc1S(=O)(=O)Nc1ccc2c(c1)CCC2. The number of nitrogens with zero attached hydrogens (tertiary/aromatic N) is 1. The molecule has 1 aromatic heterocycles. The Kier molecular flexibility index (Phi) is 3.62. The van der Waals surface area contributed by atoms with Crippen molar-refractivity contribution in [3.8, 4) is 0 Å². The summed E-state index contributed by atoms with van der Waals surface area (Å²) in [6.45, 7) is 0. The van der Waals surface area contributed by atoms with Crippen molar-refractivity contribution in [2.24, 2.45) is 0 Å². The van der Waals surface area contributed by atoms with Gasteiger partial charge in [-0.3, -0.25) is 4.72 Å². The lowest BCUT2D eigenvalue weighted by Crippen LogP contribution is -2.15. The molecule has 0 radical (unpaired) electrons. The van der Waals surface area contributed by atoms with E-state index in [4.69, 9.17) is 5.73 Å². The third kappa shape index (κ3) is 2.89. The van der Waals surface area contributed by atoms with Gasteiger partial charge in [0.15, 0.2) is 0 Å². The number of nitrogens with two attached hydrogens (primary N) is 1. The average molecular weight is 368 g/mol. The number of rotatable bonds is 3. The number of benzene rings is 1. The predicted octanol–water partition coefficient (Wildman–Crippen LogP) is 2.72. The molecule has 110 valence electrons. The number of sulfonamides is 1. The number of fused-ring (bicyclic) bond motifs is 1. The molecular formula is C14H14BrN3O2S. The molecule has 1 aromatic carbocycles. The van der Waals surface area contributed by atoms with Gasteiger partial charge in [0.25, 0.3) is 10.0 Å². The first-order valence-electron chi connectivity index (χ1n) is 6.51. The molecule has 0 saturated carbocycles. The zero-order valence-electron chi connectivity index (χ0n) is 11.1. The van der Waals surface area contributed by atoms with Crippen LogP contribution in [0.5, 0.6) is 0 Å². The second-order valence-corrected chi connectivity index (χ2v) is 7.55. The molecule has 21 heavy (non-hydrogen) atoms. The van der Waals surface area contributed by atoms with E-state index in [1.54, 1.807) is 6.07 Å². The summed E-state index contributed by atoms with van der Waals surface area (Å²) in [7, 11) is -3.75. The largest absolute Gasteiger partial charge is 0.383 e. The molecular weight excluding hydrogens is 354 g/mol. The molecule has 1 aliphatic rings. The quantitative estimate of drug-likeness (QED) is 0.873. The maximum absolute atomic E-state index is 12.4. The summed E-state index contributed by atoms with van der Waals surface area (Å²) in [4.78, 5) is 3.83. The third-order valence-corrected chi connectivity index (χ3v) is 5.33. The number of hydrogen-bond donors (Lipinski definition) is 2. The van der Waals surface area contributed by atoms with Gasteiger partial charge in [-0.05, 0) is 64.5 Å². The second kappa shape index (κ2) is 5.31. The second-order valence-electron chi connectivity index (χ2n) is 4.98. The van der Waals surface area contributed by atoms with Crippen LogP contribution in [0.4, 0.5) is 11.5 Å². The number of nitrogen functional groups attached to an aromatic ring is 1. The fourth-order valence-electron chi connectivity index (χ4n) is 2.49. The minimum absolute atomic E-state index is 0.0214. The van der Waals surface area contributed by atoms with E-state index in [0.717, 1.165) is 19.3 Å². The Hall–Kier alpha value is -1.60. The third-order valence-electron chi connectivity index (χ3n) is 3.49. The molecule has 5 nitrogen and oxygen atoms in total. The molecule has 7 heteroatoms. The van der Waals surface area contributed by atoms with Crippen LogP contribution in [0, 0.1) is 0 Å². The minimum Gasteiger partial charge on any atom is -0.383 e. The zero-order chi connectivity index (χ0) is 15.0. The Morgan fingerprint density at radius 1 is 1.19 bits per heavy atom. The molecule has 1 aliphatic carbocycles. The Morgan fingerprint density at radius 3 is 2.76 bits per heavy atom. The highest BCUT2D eigenvalue weighted by Crippen LogP contribution is 2.27. The summed E-state index contributed by atoms with van der Waals surface area (Å²) < 4.78 is 28.0. The number of halogens is 1. The predicted molar refractivity (Wildman–Crippen MR) is 85.6 cm³/mol. The van der Waals surface area contributed by atoms with E-state index >= 15 is 0 Å². The van der Waals surface area contributed by atoms with Crippen molar-refractivity contribution in [2.75, 3.05) is 10.5 Å². The first kappa shape index (κ1) is 14.3. The van der Waals surface area contributed by atoms with Crippen LogP contribution >= 0.6 is 15.9 Å². The van der Waals surface area contributed by atoms with E-state index in [1.807, 2.05) is 12.1 Å². The van der Waals surface area contributed by atoms with Gasteiger partial charge < -0.3 is 5.73 Å². The Morgan fingerprint density at radius 2 is 1.95 bits per heavy atom. The van der Waals surface area contributed by atoms with Crippen LogP contribution in [0.2, 0.25) is 0 Å². The van der Waals surface area contributed by atoms with Crippen molar-refractivity contribution < 1.29 is 8.42 Å². The number of hydrogen-bond acceptors (Lipinski definition) is 4. The lowest BCUT2D eigenvalue weighted by molar-refractivity contribution is 0.601. The molecule has 2 aromatic rings. The maximum atomic E-state index is 12.4. The zero-order valence-corrected chi connectivity index (χ0v) is 13.5. The highest BCUT2D eigenvalue weighted by atomic mass is 79.9. The number of anilines is 2. The van der Waals surface area contributed by atoms with E-state index in [2.05, 4.69) is 25.6 Å². The van der Waals surface area contributed by atoms with Crippen LogP contribution in [-0.2, 0) is 22.9 Å². The van der Waals surface area contributed by atoms with Crippen LogP contribution < -0.4 is 10.5 Å². The van der Waals surface area contributed by atoms with Crippen molar-refractivity contribution in [1.29, 1.82) is 0 Å². The molecule has 3 N–H and O–H groups in total. The van der Waals surface area contributed by atoms with E-state index in [-0.39, 0.29) is 10.7 Å². The standard InChI is InChI=1S/C14H14BrN3O2S/c15-11-7-13(14(16)17-8-11)21(19,20)18-12-5-4-9-2-1-3-10(9)6-12/h4-8,18H,1-3H2,(H2,16,17).